The highest BCUT2D eigenvalue weighted by atomic mass is 79.9. The van der Waals surface area contributed by atoms with E-state index in [0.717, 1.165) is 4.47 Å². The average molecular weight is 413 g/mol. The van der Waals surface area contributed by atoms with Crippen molar-refractivity contribution in [2.45, 2.75) is 0 Å². The van der Waals surface area contributed by atoms with Gasteiger partial charge in [-0.15, -0.1) is 0 Å². The lowest BCUT2D eigenvalue weighted by Crippen LogP contribution is -2.17. The van der Waals surface area contributed by atoms with Crippen LogP contribution >= 0.6 is 15.9 Å². The molecule has 3 aromatic rings. The van der Waals surface area contributed by atoms with Crippen LogP contribution in [0.5, 0.6) is 0 Å². The Morgan fingerprint density at radius 2 is 1.81 bits per heavy atom. The number of furan rings is 1. The number of carbonyl (C=O) groups excluding carboxylic acids is 1. The summed E-state index contributed by atoms with van der Waals surface area (Å²) in [4.78, 5) is 23.0. The van der Waals surface area contributed by atoms with Gasteiger partial charge in [-0.3, -0.25) is 4.79 Å². The summed E-state index contributed by atoms with van der Waals surface area (Å²) < 4.78 is 6.49. The number of carbonyl (C=O) groups is 2. The van der Waals surface area contributed by atoms with Crippen molar-refractivity contribution in [1.82, 2.24) is 5.43 Å². The Balaban J connectivity index is 1.67. The Morgan fingerprint density at radius 3 is 2.54 bits per heavy atom. The summed E-state index contributed by atoms with van der Waals surface area (Å²) in [6.07, 6.45) is 1.38. The van der Waals surface area contributed by atoms with Crippen LogP contribution in [-0.2, 0) is 0 Å². The molecule has 2 aromatic carbocycles. The summed E-state index contributed by atoms with van der Waals surface area (Å²) >= 11 is 3.31. The maximum atomic E-state index is 11.9. The minimum Gasteiger partial charge on any atom is -0.478 e. The molecule has 2 N–H and O–H groups in total. The monoisotopic (exact) mass is 412 g/mol. The lowest BCUT2D eigenvalue weighted by atomic mass is 10.1. The van der Waals surface area contributed by atoms with Crippen molar-refractivity contribution in [2.75, 3.05) is 0 Å². The standard InChI is InChI=1S/C19H13BrN2O4/c20-15-6-4-12(5-7-15)18(23)22-21-11-16-8-9-17(26-16)13-2-1-3-14(10-13)19(24)25/h1-11H,(H,22,23)(H,24,25). The van der Waals surface area contributed by atoms with Gasteiger partial charge in [-0.1, -0.05) is 28.1 Å². The number of halogens is 1. The number of nitrogens with zero attached hydrogens (tertiary/aromatic N) is 1. The zero-order valence-electron chi connectivity index (χ0n) is 13.3. The van der Waals surface area contributed by atoms with Gasteiger partial charge in [0.2, 0.25) is 0 Å². The summed E-state index contributed by atoms with van der Waals surface area (Å²) in [5, 5.41) is 12.9. The van der Waals surface area contributed by atoms with Crippen molar-refractivity contribution in [3.8, 4) is 11.3 Å². The summed E-state index contributed by atoms with van der Waals surface area (Å²) in [6, 6.07) is 16.7. The number of carboxylic acids is 1. The van der Waals surface area contributed by atoms with Gasteiger partial charge >= 0.3 is 5.97 Å². The van der Waals surface area contributed by atoms with Gasteiger partial charge in [-0.05, 0) is 48.5 Å². The van der Waals surface area contributed by atoms with E-state index in [9.17, 15) is 9.59 Å². The maximum Gasteiger partial charge on any atom is 0.335 e. The fourth-order valence-electron chi connectivity index (χ4n) is 2.20. The van der Waals surface area contributed by atoms with E-state index >= 15 is 0 Å². The molecule has 3 rings (SSSR count). The first-order chi connectivity index (χ1) is 12.5. The number of hydrogen-bond donors (Lipinski definition) is 2. The largest absolute Gasteiger partial charge is 0.478 e. The fourth-order valence-corrected chi connectivity index (χ4v) is 2.47. The predicted octanol–water partition coefficient (Wildman–Crippen LogP) is 4.17. The minimum absolute atomic E-state index is 0.177. The zero-order chi connectivity index (χ0) is 18.5. The Hall–Kier alpha value is -3.19. The summed E-state index contributed by atoms with van der Waals surface area (Å²) in [7, 11) is 0. The van der Waals surface area contributed by atoms with Crippen LogP contribution in [0, 0.1) is 0 Å². The first-order valence-electron chi connectivity index (χ1n) is 7.55. The van der Waals surface area contributed by atoms with Gasteiger partial charge < -0.3 is 9.52 Å². The molecule has 1 aromatic heterocycles. The van der Waals surface area contributed by atoms with E-state index in [1.54, 1.807) is 48.5 Å². The summed E-state index contributed by atoms with van der Waals surface area (Å²) in [5.41, 5.74) is 3.72. The smallest absolute Gasteiger partial charge is 0.335 e. The van der Waals surface area contributed by atoms with Crippen LogP contribution in [0.3, 0.4) is 0 Å². The number of benzene rings is 2. The molecule has 0 bridgehead atoms. The molecule has 0 atom stereocenters. The predicted molar refractivity (Wildman–Crippen MR) is 100 cm³/mol. The number of carboxylic acid groups (broad SMARTS) is 1. The third-order valence-corrected chi connectivity index (χ3v) is 4.01. The van der Waals surface area contributed by atoms with E-state index in [1.807, 2.05) is 0 Å². The molecular weight excluding hydrogens is 400 g/mol. The molecule has 7 heteroatoms. The first-order valence-corrected chi connectivity index (χ1v) is 8.35. The van der Waals surface area contributed by atoms with E-state index in [4.69, 9.17) is 9.52 Å². The first kappa shape index (κ1) is 17.6. The number of amides is 1. The molecule has 0 unspecified atom stereocenters. The number of hydrogen-bond acceptors (Lipinski definition) is 4. The van der Waals surface area contributed by atoms with Gasteiger partial charge in [-0.25, -0.2) is 10.2 Å². The minimum atomic E-state index is -1.00. The molecule has 0 fully saturated rings. The second kappa shape index (κ2) is 7.79. The molecule has 6 nitrogen and oxygen atoms in total. The van der Waals surface area contributed by atoms with Crippen LogP contribution in [0.2, 0.25) is 0 Å². The highest BCUT2D eigenvalue weighted by molar-refractivity contribution is 9.10. The zero-order valence-corrected chi connectivity index (χ0v) is 14.9. The number of rotatable bonds is 5. The van der Waals surface area contributed by atoms with Crippen LogP contribution in [0.4, 0.5) is 0 Å². The van der Waals surface area contributed by atoms with Gasteiger partial charge in [0, 0.05) is 15.6 Å². The van der Waals surface area contributed by atoms with E-state index < -0.39 is 5.97 Å². The molecule has 0 aliphatic heterocycles. The number of nitrogens with one attached hydrogen (secondary N) is 1. The Kier molecular flexibility index (Phi) is 5.28. The van der Waals surface area contributed by atoms with E-state index in [-0.39, 0.29) is 11.5 Å². The second-order valence-corrected chi connectivity index (χ2v) is 6.21. The molecule has 1 heterocycles. The molecule has 0 aliphatic rings. The van der Waals surface area contributed by atoms with Gasteiger partial charge in [0.15, 0.2) is 0 Å². The number of aromatic carboxylic acids is 1. The lowest BCUT2D eigenvalue weighted by molar-refractivity contribution is 0.0696. The van der Waals surface area contributed by atoms with Crippen LogP contribution < -0.4 is 5.43 Å². The molecule has 0 spiro atoms. The topological polar surface area (TPSA) is 91.9 Å². The van der Waals surface area contributed by atoms with E-state index in [0.29, 0.717) is 22.6 Å². The van der Waals surface area contributed by atoms with Crippen molar-refractivity contribution < 1.29 is 19.1 Å². The van der Waals surface area contributed by atoms with Crippen molar-refractivity contribution >= 4 is 34.0 Å². The van der Waals surface area contributed by atoms with Crippen LogP contribution in [0.1, 0.15) is 26.5 Å². The van der Waals surface area contributed by atoms with Crippen molar-refractivity contribution in [1.29, 1.82) is 0 Å². The Bertz CT molecular complexity index is 977. The maximum absolute atomic E-state index is 11.9. The van der Waals surface area contributed by atoms with Crippen molar-refractivity contribution in [2.24, 2.45) is 5.10 Å². The van der Waals surface area contributed by atoms with Crippen molar-refractivity contribution in [3.63, 3.8) is 0 Å². The van der Waals surface area contributed by atoms with Gasteiger partial charge in [0.25, 0.3) is 5.91 Å². The number of hydrazone groups is 1. The second-order valence-electron chi connectivity index (χ2n) is 5.29. The molecule has 130 valence electrons. The Morgan fingerprint density at radius 1 is 1.04 bits per heavy atom. The van der Waals surface area contributed by atoms with E-state index in [1.165, 1.54) is 18.3 Å². The van der Waals surface area contributed by atoms with E-state index in [2.05, 4.69) is 26.5 Å². The van der Waals surface area contributed by atoms with Crippen LogP contribution in [0.15, 0.2) is 74.7 Å². The molecule has 0 saturated heterocycles. The molecule has 0 aliphatic carbocycles. The summed E-state index contributed by atoms with van der Waals surface area (Å²) in [5.74, 6) is -0.406. The quantitative estimate of drug-likeness (QED) is 0.485. The van der Waals surface area contributed by atoms with Gasteiger partial charge in [-0.2, -0.15) is 5.10 Å². The third kappa shape index (κ3) is 4.25. The summed E-state index contributed by atoms with van der Waals surface area (Å²) in [6.45, 7) is 0. The molecule has 0 radical (unpaired) electrons. The normalized spacial score (nSPS) is 10.8. The lowest BCUT2D eigenvalue weighted by Gasteiger charge is -2.00. The molecule has 0 saturated carbocycles. The van der Waals surface area contributed by atoms with Crippen molar-refractivity contribution in [3.05, 3.63) is 82.0 Å². The highest BCUT2D eigenvalue weighted by Crippen LogP contribution is 2.22. The molecule has 26 heavy (non-hydrogen) atoms. The average Bonchev–Trinajstić information content (AvgIpc) is 3.11. The Labute approximate surface area is 157 Å². The molecular formula is C19H13BrN2O4. The van der Waals surface area contributed by atoms with Gasteiger partial charge in [0.1, 0.15) is 11.5 Å². The third-order valence-electron chi connectivity index (χ3n) is 3.49. The van der Waals surface area contributed by atoms with Crippen LogP contribution in [-0.4, -0.2) is 23.2 Å². The van der Waals surface area contributed by atoms with Gasteiger partial charge in [0.05, 0.1) is 11.8 Å². The molecule has 1 amide bonds. The fraction of sp³-hybridized carbons (Fsp3) is 0. The highest BCUT2D eigenvalue weighted by Gasteiger charge is 2.08. The van der Waals surface area contributed by atoms with Crippen LogP contribution in [0.25, 0.3) is 11.3 Å². The SMILES string of the molecule is O=C(O)c1cccc(-c2ccc(C=NNC(=O)c3ccc(Br)cc3)o2)c1.